The molecule has 3 nitrogen and oxygen atoms in total. The normalized spacial score (nSPS) is 11.8. The van der Waals surface area contributed by atoms with E-state index < -0.39 is 11.7 Å². The van der Waals surface area contributed by atoms with E-state index in [0.717, 1.165) is 17.5 Å². The van der Waals surface area contributed by atoms with Crippen LogP contribution in [0.4, 0.5) is 13.2 Å². The number of para-hydroxylation sites is 1. The number of ether oxygens (including phenoxy) is 1. The van der Waals surface area contributed by atoms with Crippen molar-refractivity contribution in [3.8, 4) is 5.88 Å². The number of hydrogen-bond acceptors (Lipinski definition) is 3. The van der Waals surface area contributed by atoms with Crippen LogP contribution in [0.15, 0.2) is 53.1 Å². The molecule has 21 heavy (non-hydrogen) atoms. The molecule has 0 unspecified atom stereocenters. The standard InChI is InChI=1S/C15H10F3NO2/c16-15(17,18)11-7-5-10(6-8-11)9-20-14-12-3-1-2-4-13(12)21-19-14/h1-8H,9H2. The molecule has 1 aromatic heterocycles. The molecule has 0 radical (unpaired) electrons. The minimum absolute atomic E-state index is 0.120. The van der Waals surface area contributed by atoms with Gasteiger partial charge in [0.15, 0.2) is 5.58 Å². The third-order valence-corrected chi connectivity index (χ3v) is 3.00. The molecule has 0 fully saturated rings. The third-order valence-electron chi connectivity index (χ3n) is 3.00. The first kappa shape index (κ1) is 13.5. The van der Waals surface area contributed by atoms with Crippen molar-refractivity contribution in [3.63, 3.8) is 0 Å². The van der Waals surface area contributed by atoms with Gasteiger partial charge in [-0.1, -0.05) is 24.3 Å². The number of hydrogen-bond donors (Lipinski definition) is 0. The first-order valence-corrected chi connectivity index (χ1v) is 6.17. The monoisotopic (exact) mass is 293 g/mol. The molecule has 6 heteroatoms. The molecule has 0 bridgehead atoms. The van der Waals surface area contributed by atoms with Crippen LogP contribution in [0.5, 0.6) is 5.88 Å². The zero-order chi connectivity index (χ0) is 14.9. The number of aromatic nitrogens is 1. The van der Waals surface area contributed by atoms with E-state index in [9.17, 15) is 13.2 Å². The second-order valence-corrected chi connectivity index (χ2v) is 4.47. The summed E-state index contributed by atoms with van der Waals surface area (Å²) in [5.41, 5.74) is 0.535. The zero-order valence-corrected chi connectivity index (χ0v) is 10.7. The molecular formula is C15H10F3NO2. The molecule has 0 aliphatic heterocycles. The fraction of sp³-hybridized carbons (Fsp3) is 0.133. The molecule has 0 saturated carbocycles. The first-order valence-electron chi connectivity index (χ1n) is 6.17. The molecule has 0 saturated heterocycles. The molecule has 0 spiro atoms. The van der Waals surface area contributed by atoms with Crippen molar-refractivity contribution in [2.24, 2.45) is 0 Å². The lowest BCUT2D eigenvalue weighted by molar-refractivity contribution is -0.137. The number of fused-ring (bicyclic) bond motifs is 1. The maximum absolute atomic E-state index is 12.4. The highest BCUT2D eigenvalue weighted by atomic mass is 19.4. The average Bonchev–Trinajstić information content (AvgIpc) is 2.88. The maximum atomic E-state index is 12.4. The van der Waals surface area contributed by atoms with Crippen LogP contribution < -0.4 is 4.74 Å². The van der Waals surface area contributed by atoms with Crippen LogP contribution in [-0.2, 0) is 12.8 Å². The van der Waals surface area contributed by atoms with Crippen LogP contribution in [0.25, 0.3) is 11.0 Å². The van der Waals surface area contributed by atoms with Crippen LogP contribution in [-0.4, -0.2) is 5.16 Å². The van der Waals surface area contributed by atoms with Gasteiger partial charge in [0, 0.05) is 0 Å². The lowest BCUT2D eigenvalue weighted by Gasteiger charge is -2.07. The second-order valence-electron chi connectivity index (χ2n) is 4.47. The van der Waals surface area contributed by atoms with Gasteiger partial charge in [-0.3, -0.25) is 0 Å². The third kappa shape index (κ3) is 2.84. The Bertz CT molecular complexity index is 747. The second kappa shape index (κ2) is 5.12. The van der Waals surface area contributed by atoms with Gasteiger partial charge in [0.05, 0.1) is 10.9 Å². The molecule has 108 valence electrons. The van der Waals surface area contributed by atoms with Crippen molar-refractivity contribution < 1.29 is 22.4 Å². The van der Waals surface area contributed by atoms with Gasteiger partial charge in [-0.2, -0.15) is 13.2 Å². The van der Waals surface area contributed by atoms with E-state index in [1.54, 1.807) is 12.1 Å². The Labute approximate surface area is 117 Å². The number of halogens is 3. The summed E-state index contributed by atoms with van der Waals surface area (Å²) in [4.78, 5) is 0. The average molecular weight is 293 g/mol. The summed E-state index contributed by atoms with van der Waals surface area (Å²) in [7, 11) is 0. The molecule has 3 aromatic rings. The highest BCUT2D eigenvalue weighted by Gasteiger charge is 2.29. The lowest BCUT2D eigenvalue weighted by Crippen LogP contribution is -2.05. The molecular weight excluding hydrogens is 283 g/mol. The summed E-state index contributed by atoms with van der Waals surface area (Å²) in [6.07, 6.45) is -4.33. The Morgan fingerprint density at radius 2 is 1.71 bits per heavy atom. The van der Waals surface area contributed by atoms with Gasteiger partial charge in [-0.15, -0.1) is 0 Å². The summed E-state index contributed by atoms with van der Waals surface area (Å²) in [5, 5.41) is 4.52. The molecule has 0 N–H and O–H groups in total. The summed E-state index contributed by atoms with van der Waals surface area (Å²) >= 11 is 0. The minimum atomic E-state index is -4.33. The van der Waals surface area contributed by atoms with E-state index in [0.29, 0.717) is 17.0 Å². The fourth-order valence-corrected chi connectivity index (χ4v) is 1.91. The topological polar surface area (TPSA) is 35.3 Å². The van der Waals surface area contributed by atoms with Crippen molar-refractivity contribution in [2.75, 3.05) is 0 Å². The first-order chi connectivity index (χ1) is 10.0. The Hall–Kier alpha value is -2.50. The summed E-state index contributed by atoms with van der Waals surface area (Å²) in [5.74, 6) is 0.325. The van der Waals surface area contributed by atoms with Crippen LogP contribution in [0.2, 0.25) is 0 Å². The Morgan fingerprint density at radius 3 is 2.43 bits per heavy atom. The van der Waals surface area contributed by atoms with Crippen LogP contribution >= 0.6 is 0 Å². The highest BCUT2D eigenvalue weighted by molar-refractivity contribution is 5.81. The molecule has 1 heterocycles. The molecule has 2 aromatic carbocycles. The number of rotatable bonds is 3. The van der Waals surface area contributed by atoms with Gasteiger partial charge in [0.2, 0.25) is 0 Å². The number of alkyl halides is 3. The van der Waals surface area contributed by atoms with E-state index in [1.165, 1.54) is 12.1 Å². The van der Waals surface area contributed by atoms with E-state index >= 15 is 0 Å². The zero-order valence-electron chi connectivity index (χ0n) is 10.7. The van der Waals surface area contributed by atoms with E-state index in [1.807, 2.05) is 12.1 Å². The van der Waals surface area contributed by atoms with Gasteiger partial charge in [0.1, 0.15) is 6.61 Å². The molecule has 0 aliphatic rings. The van der Waals surface area contributed by atoms with Gasteiger partial charge in [-0.25, -0.2) is 0 Å². The Kier molecular flexibility index (Phi) is 3.29. The Balaban J connectivity index is 1.73. The van der Waals surface area contributed by atoms with Gasteiger partial charge < -0.3 is 9.26 Å². The predicted molar refractivity (Wildman–Crippen MR) is 69.8 cm³/mol. The number of nitrogens with zero attached hydrogens (tertiary/aromatic N) is 1. The van der Waals surface area contributed by atoms with Gasteiger partial charge in [-0.05, 0) is 35.0 Å². The van der Waals surface area contributed by atoms with Crippen LogP contribution in [0, 0.1) is 0 Å². The fourth-order valence-electron chi connectivity index (χ4n) is 1.91. The smallest absolute Gasteiger partial charge is 0.416 e. The van der Waals surface area contributed by atoms with Crippen LogP contribution in [0.1, 0.15) is 11.1 Å². The van der Waals surface area contributed by atoms with Crippen molar-refractivity contribution in [1.82, 2.24) is 5.16 Å². The van der Waals surface area contributed by atoms with E-state index in [-0.39, 0.29) is 6.61 Å². The highest BCUT2D eigenvalue weighted by Crippen LogP contribution is 2.29. The summed E-state index contributed by atoms with van der Waals surface area (Å²) < 4.78 is 47.9. The van der Waals surface area contributed by atoms with Gasteiger partial charge >= 0.3 is 6.18 Å². The Morgan fingerprint density at radius 1 is 1.00 bits per heavy atom. The lowest BCUT2D eigenvalue weighted by atomic mass is 10.1. The quantitative estimate of drug-likeness (QED) is 0.716. The van der Waals surface area contributed by atoms with Crippen molar-refractivity contribution in [1.29, 1.82) is 0 Å². The predicted octanol–water partition coefficient (Wildman–Crippen LogP) is 4.43. The largest absolute Gasteiger partial charge is 0.470 e. The molecule has 0 aliphatic carbocycles. The van der Waals surface area contributed by atoms with Crippen molar-refractivity contribution in [2.45, 2.75) is 12.8 Å². The molecule has 0 amide bonds. The summed E-state index contributed by atoms with van der Waals surface area (Å²) in [6.45, 7) is 0.120. The molecule has 3 rings (SSSR count). The van der Waals surface area contributed by atoms with Crippen LogP contribution in [0.3, 0.4) is 0 Å². The molecule has 0 atom stereocenters. The maximum Gasteiger partial charge on any atom is 0.416 e. The van der Waals surface area contributed by atoms with Crippen molar-refractivity contribution in [3.05, 3.63) is 59.7 Å². The SMILES string of the molecule is FC(F)(F)c1ccc(COc2noc3ccccc23)cc1. The summed E-state index contributed by atoms with van der Waals surface area (Å²) in [6, 6.07) is 12.0. The minimum Gasteiger partial charge on any atom is -0.470 e. The van der Waals surface area contributed by atoms with E-state index in [4.69, 9.17) is 9.26 Å². The van der Waals surface area contributed by atoms with Crippen molar-refractivity contribution >= 4 is 11.0 Å². The number of benzene rings is 2. The van der Waals surface area contributed by atoms with E-state index in [2.05, 4.69) is 5.16 Å². The van der Waals surface area contributed by atoms with Gasteiger partial charge in [0.25, 0.3) is 5.88 Å².